The second kappa shape index (κ2) is 5.53. The molecule has 0 rings (SSSR count). The predicted octanol–water partition coefficient (Wildman–Crippen LogP) is 2.87. The molecule has 0 aliphatic heterocycles. The molecule has 78 valence electrons. The summed E-state index contributed by atoms with van der Waals surface area (Å²) in [7, 11) is 0. The highest BCUT2D eigenvalue weighted by molar-refractivity contribution is 7.99. The third kappa shape index (κ3) is 5.19. The van der Waals surface area contributed by atoms with Crippen LogP contribution in [0.2, 0.25) is 0 Å². The van der Waals surface area contributed by atoms with Gasteiger partial charge >= 0.3 is 0 Å². The summed E-state index contributed by atoms with van der Waals surface area (Å²) in [5.41, 5.74) is 5.37. The molecule has 0 saturated carbocycles. The first-order valence-corrected chi connectivity index (χ1v) is 5.91. The Kier molecular flexibility index (Phi) is 5.45. The zero-order valence-electron chi connectivity index (χ0n) is 9.18. The van der Waals surface area contributed by atoms with Crippen molar-refractivity contribution in [2.45, 2.75) is 45.8 Å². The lowest BCUT2D eigenvalue weighted by atomic mass is 9.89. The van der Waals surface area contributed by atoms with Crippen molar-refractivity contribution < 1.29 is 0 Å². The predicted molar refractivity (Wildman–Crippen MR) is 62.5 cm³/mol. The SMILES string of the molecule is CCC(C)SCCC(C)(C)C(=N)N. The number of nitrogens with one attached hydrogen (secondary N) is 1. The van der Waals surface area contributed by atoms with Crippen molar-refractivity contribution >= 4 is 17.6 Å². The van der Waals surface area contributed by atoms with Crippen LogP contribution in [0, 0.1) is 10.8 Å². The zero-order valence-corrected chi connectivity index (χ0v) is 10.0. The van der Waals surface area contributed by atoms with Crippen molar-refractivity contribution in [2.75, 3.05) is 5.75 Å². The maximum atomic E-state index is 7.40. The van der Waals surface area contributed by atoms with Gasteiger partial charge in [0.25, 0.3) is 0 Å². The molecule has 3 heteroatoms. The summed E-state index contributed by atoms with van der Waals surface area (Å²) < 4.78 is 0. The fourth-order valence-corrected chi connectivity index (χ4v) is 2.03. The van der Waals surface area contributed by atoms with E-state index >= 15 is 0 Å². The van der Waals surface area contributed by atoms with Crippen LogP contribution in [0.1, 0.15) is 40.5 Å². The lowest BCUT2D eigenvalue weighted by Gasteiger charge is -2.23. The maximum Gasteiger partial charge on any atom is 0.0963 e. The minimum absolute atomic E-state index is 0.125. The van der Waals surface area contributed by atoms with Crippen molar-refractivity contribution in [2.24, 2.45) is 11.1 Å². The molecule has 0 aliphatic carbocycles. The van der Waals surface area contributed by atoms with E-state index in [1.165, 1.54) is 6.42 Å². The van der Waals surface area contributed by atoms with Crippen molar-refractivity contribution in [3.63, 3.8) is 0 Å². The van der Waals surface area contributed by atoms with Crippen molar-refractivity contribution in [3.8, 4) is 0 Å². The number of hydrogen-bond donors (Lipinski definition) is 2. The summed E-state index contributed by atoms with van der Waals surface area (Å²) >= 11 is 1.97. The van der Waals surface area contributed by atoms with E-state index in [1.54, 1.807) is 0 Å². The largest absolute Gasteiger partial charge is 0.387 e. The molecule has 1 unspecified atom stereocenters. The second-order valence-electron chi connectivity index (χ2n) is 4.14. The molecule has 0 heterocycles. The summed E-state index contributed by atoms with van der Waals surface area (Å²) in [6.07, 6.45) is 2.21. The van der Waals surface area contributed by atoms with Gasteiger partial charge in [0, 0.05) is 10.7 Å². The van der Waals surface area contributed by atoms with Gasteiger partial charge in [-0.25, -0.2) is 0 Å². The molecule has 0 radical (unpaired) electrons. The summed E-state index contributed by atoms with van der Waals surface area (Å²) in [5, 5.41) is 8.12. The fourth-order valence-electron chi connectivity index (χ4n) is 0.768. The molecular weight excluding hydrogens is 180 g/mol. The van der Waals surface area contributed by atoms with Crippen molar-refractivity contribution in [1.29, 1.82) is 5.41 Å². The average molecular weight is 202 g/mol. The summed E-state index contributed by atoms with van der Waals surface area (Å²) in [4.78, 5) is 0. The van der Waals surface area contributed by atoms with E-state index in [0.717, 1.165) is 17.4 Å². The van der Waals surface area contributed by atoms with Crippen LogP contribution in [0.25, 0.3) is 0 Å². The molecule has 0 bridgehead atoms. The van der Waals surface area contributed by atoms with E-state index in [1.807, 2.05) is 25.6 Å². The molecule has 0 aromatic rings. The third-order valence-electron chi connectivity index (χ3n) is 2.43. The van der Waals surface area contributed by atoms with Crippen LogP contribution in [-0.4, -0.2) is 16.8 Å². The molecule has 0 aromatic heterocycles. The second-order valence-corrected chi connectivity index (χ2v) is 5.68. The standard InChI is InChI=1S/C10H22N2S/c1-5-8(2)13-7-6-10(3,4)9(11)12/h8H,5-7H2,1-4H3,(H3,11,12). The monoisotopic (exact) mass is 202 g/mol. The molecule has 0 aliphatic rings. The molecule has 0 spiro atoms. The average Bonchev–Trinajstić information content (AvgIpc) is 2.03. The molecule has 2 nitrogen and oxygen atoms in total. The Hall–Kier alpha value is -0.180. The molecule has 0 aromatic carbocycles. The van der Waals surface area contributed by atoms with E-state index in [2.05, 4.69) is 13.8 Å². The quantitative estimate of drug-likeness (QED) is 0.514. The van der Waals surface area contributed by atoms with Gasteiger partial charge in [-0.15, -0.1) is 0 Å². The van der Waals surface area contributed by atoms with Gasteiger partial charge in [-0.1, -0.05) is 27.7 Å². The van der Waals surface area contributed by atoms with E-state index in [4.69, 9.17) is 11.1 Å². The number of thioether (sulfide) groups is 1. The Labute approximate surface area is 86.2 Å². The third-order valence-corrected chi connectivity index (χ3v) is 3.78. The highest BCUT2D eigenvalue weighted by Crippen LogP contribution is 2.24. The van der Waals surface area contributed by atoms with Crippen LogP contribution in [-0.2, 0) is 0 Å². The van der Waals surface area contributed by atoms with Crippen LogP contribution in [0.4, 0.5) is 0 Å². The lowest BCUT2D eigenvalue weighted by molar-refractivity contribution is 0.499. The van der Waals surface area contributed by atoms with Gasteiger partial charge in [0.1, 0.15) is 0 Å². The highest BCUT2D eigenvalue weighted by Gasteiger charge is 2.21. The number of rotatable bonds is 6. The van der Waals surface area contributed by atoms with Gasteiger partial charge in [-0.3, -0.25) is 5.41 Å². The Morgan fingerprint density at radius 1 is 1.54 bits per heavy atom. The van der Waals surface area contributed by atoms with E-state index in [-0.39, 0.29) is 5.41 Å². The topological polar surface area (TPSA) is 49.9 Å². The fraction of sp³-hybridized carbons (Fsp3) is 0.900. The van der Waals surface area contributed by atoms with Crippen LogP contribution in [0.3, 0.4) is 0 Å². The van der Waals surface area contributed by atoms with Crippen molar-refractivity contribution in [3.05, 3.63) is 0 Å². The van der Waals surface area contributed by atoms with E-state index < -0.39 is 0 Å². The summed E-state index contributed by atoms with van der Waals surface area (Å²) in [6, 6.07) is 0. The summed E-state index contributed by atoms with van der Waals surface area (Å²) in [5.74, 6) is 1.40. The van der Waals surface area contributed by atoms with Gasteiger partial charge in [0.2, 0.25) is 0 Å². The van der Waals surface area contributed by atoms with Gasteiger partial charge in [-0.2, -0.15) is 11.8 Å². The molecule has 0 fully saturated rings. The van der Waals surface area contributed by atoms with Gasteiger partial charge < -0.3 is 5.73 Å². The number of amidine groups is 1. The van der Waals surface area contributed by atoms with E-state index in [9.17, 15) is 0 Å². The van der Waals surface area contributed by atoms with E-state index in [0.29, 0.717) is 5.84 Å². The Morgan fingerprint density at radius 2 is 2.08 bits per heavy atom. The van der Waals surface area contributed by atoms with Crippen LogP contribution in [0.15, 0.2) is 0 Å². The van der Waals surface area contributed by atoms with Crippen molar-refractivity contribution in [1.82, 2.24) is 0 Å². The smallest absolute Gasteiger partial charge is 0.0963 e. The zero-order chi connectivity index (χ0) is 10.5. The molecule has 3 N–H and O–H groups in total. The lowest BCUT2D eigenvalue weighted by Crippen LogP contribution is -2.31. The molecule has 1 atom stereocenters. The first-order valence-electron chi connectivity index (χ1n) is 4.86. The van der Waals surface area contributed by atoms with Crippen LogP contribution < -0.4 is 5.73 Å². The Bertz CT molecular complexity index is 166. The summed E-state index contributed by atoms with van der Waals surface area (Å²) in [6.45, 7) is 8.51. The molecule has 13 heavy (non-hydrogen) atoms. The van der Waals surface area contributed by atoms with Gasteiger partial charge in [0.05, 0.1) is 5.84 Å². The minimum atomic E-state index is -0.125. The highest BCUT2D eigenvalue weighted by atomic mass is 32.2. The van der Waals surface area contributed by atoms with Gasteiger partial charge in [0.15, 0.2) is 0 Å². The Balaban J connectivity index is 3.70. The number of nitrogens with two attached hydrogens (primary N) is 1. The molecular formula is C10H22N2S. The van der Waals surface area contributed by atoms with Gasteiger partial charge in [-0.05, 0) is 18.6 Å². The first kappa shape index (κ1) is 12.8. The molecule has 0 amide bonds. The minimum Gasteiger partial charge on any atom is -0.387 e. The maximum absolute atomic E-state index is 7.40. The normalized spacial score (nSPS) is 14.2. The van der Waals surface area contributed by atoms with Crippen LogP contribution >= 0.6 is 11.8 Å². The number of hydrogen-bond acceptors (Lipinski definition) is 2. The Morgan fingerprint density at radius 3 is 2.46 bits per heavy atom. The first-order chi connectivity index (χ1) is 5.90. The van der Waals surface area contributed by atoms with Crippen LogP contribution in [0.5, 0.6) is 0 Å². The molecule has 0 saturated heterocycles.